The Morgan fingerprint density at radius 3 is 2.72 bits per heavy atom. The average molecular weight is 260 g/mol. The molecule has 96 valence electrons. The molecule has 0 atom stereocenters. The number of hydrogen-bond donors (Lipinski definition) is 1. The van der Waals surface area contributed by atoms with E-state index in [2.05, 4.69) is 48.4 Å². The zero-order valence-electron chi connectivity index (χ0n) is 11.0. The maximum atomic E-state index is 4.49. The maximum Gasteiger partial charge on any atom is 0.0971 e. The zero-order valence-corrected chi connectivity index (χ0v) is 11.8. The van der Waals surface area contributed by atoms with Crippen molar-refractivity contribution < 1.29 is 0 Å². The second-order valence-electron chi connectivity index (χ2n) is 4.91. The van der Waals surface area contributed by atoms with Crippen LogP contribution >= 0.6 is 11.3 Å². The molecule has 0 saturated carbocycles. The van der Waals surface area contributed by atoms with Gasteiger partial charge in [0.15, 0.2) is 0 Å². The number of aromatic nitrogens is 1. The van der Waals surface area contributed by atoms with Crippen LogP contribution in [0, 0.1) is 5.92 Å². The summed E-state index contributed by atoms with van der Waals surface area (Å²) in [6.45, 7) is 6.44. The molecule has 0 aliphatic rings. The van der Waals surface area contributed by atoms with Crippen LogP contribution in [0.3, 0.4) is 0 Å². The highest BCUT2D eigenvalue weighted by Crippen LogP contribution is 2.16. The van der Waals surface area contributed by atoms with Crippen LogP contribution in [0.15, 0.2) is 36.5 Å². The van der Waals surface area contributed by atoms with Gasteiger partial charge in [-0.1, -0.05) is 44.2 Å². The van der Waals surface area contributed by atoms with Crippen molar-refractivity contribution >= 4 is 11.3 Å². The molecule has 1 aromatic heterocycles. The summed E-state index contributed by atoms with van der Waals surface area (Å²) in [5.74, 6) is 0.696. The molecule has 1 heterocycles. The summed E-state index contributed by atoms with van der Waals surface area (Å²) >= 11 is 1.81. The average Bonchev–Trinajstić information content (AvgIpc) is 2.78. The normalized spacial score (nSPS) is 11.1. The lowest BCUT2D eigenvalue weighted by Crippen LogP contribution is -2.18. The van der Waals surface area contributed by atoms with E-state index in [1.807, 2.05) is 12.3 Å². The Kier molecular flexibility index (Phi) is 4.90. The van der Waals surface area contributed by atoms with Crippen LogP contribution in [0.25, 0.3) is 0 Å². The first-order chi connectivity index (χ1) is 8.74. The molecule has 0 spiro atoms. The third kappa shape index (κ3) is 4.24. The molecule has 0 bridgehead atoms. The lowest BCUT2D eigenvalue weighted by atomic mass is 10.2. The fourth-order valence-electron chi connectivity index (χ4n) is 1.77. The Morgan fingerprint density at radius 1 is 1.22 bits per heavy atom. The van der Waals surface area contributed by atoms with E-state index in [9.17, 15) is 0 Å². The first kappa shape index (κ1) is 13.2. The highest BCUT2D eigenvalue weighted by Gasteiger charge is 2.03. The third-order valence-corrected chi connectivity index (χ3v) is 3.65. The maximum absolute atomic E-state index is 4.49. The number of nitrogens with zero attached hydrogens (tertiary/aromatic N) is 1. The van der Waals surface area contributed by atoms with Crippen LogP contribution in [-0.4, -0.2) is 11.5 Å². The van der Waals surface area contributed by atoms with Crippen molar-refractivity contribution in [2.45, 2.75) is 26.8 Å². The van der Waals surface area contributed by atoms with E-state index in [0.717, 1.165) is 19.5 Å². The smallest absolute Gasteiger partial charge is 0.0971 e. The van der Waals surface area contributed by atoms with Crippen LogP contribution in [0.5, 0.6) is 0 Å². The Bertz CT molecular complexity index is 462. The summed E-state index contributed by atoms with van der Waals surface area (Å²) < 4.78 is 0. The molecule has 2 rings (SSSR count). The molecule has 3 heteroatoms. The molecule has 0 aliphatic carbocycles. The number of thiazole rings is 1. The third-order valence-electron chi connectivity index (χ3n) is 2.65. The van der Waals surface area contributed by atoms with Crippen molar-refractivity contribution in [3.8, 4) is 0 Å². The highest BCUT2D eigenvalue weighted by atomic mass is 32.1. The number of benzene rings is 1. The van der Waals surface area contributed by atoms with Gasteiger partial charge in [0.25, 0.3) is 0 Å². The van der Waals surface area contributed by atoms with Crippen LogP contribution in [-0.2, 0) is 13.0 Å². The summed E-state index contributed by atoms with van der Waals surface area (Å²) in [5.41, 5.74) is 1.33. The van der Waals surface area contributed by atoms with Gasteiger partial charge in [-0.3, -0.25) is 0 Å². The molecule has 2 nitrogen and oxygen atoms in total. The molecular formula is C15H20N2S. The molecule has 0 saturated heterocycles. The van der Waals surface area contributed by atoms with E-state index in [1.165, 1.54) is 15.4 Å². The SMILES string of the molecule is CC(C)CNCc1cnc(Cc2ccccc2)s1. The van der Waals surface area contributed by atoms with E-state index in [1.54, 1.807) is 11.3 Å². The summed E-state index contributed by atoms with van der Waals surface area (Å²) in [7, 11) is 0. The van der Waals surface area contributed by atoms with Gasteiger partial charge in [0.2, 0.25) is 0 Å². The zero-order chi connectivity index (χ0) is 12.8. The highest BCUT2D eigenvalue weighted by molar-refractivity contribution is 7.11. The van der Waals surface area contributed by atoms with Gasteiger partial charge >= 0.3 is 0 Å². The van der Waals surface area contributed by atoms with Crippen LogP contribution < -0.4 is 5.32 Å². The Labute approximate surface area is 113 Å². The summed E-state index contributed by atoms with van der Waals surface area (Å²) in [4.78, 5) is 5.81. The Balaban J connectivity index is 1.86. The fraction of sp³-hybridized carbons (Fsp3) is 0.400. The van der Waals surface area contributed by atoms with Crippen LogP contribution in [0.2, 0.25) is 0 Å². The van der Waals surface area contributed by atoms with Gasteiger partial charge < -0.3 is 5.32 Å². The summed E-state index contributed by atoms with van der Waals surface area (Å²) in [6.07, 6.45) is 2.94. The first-order valence-corrected chi connectivity index (χ1v) is 7.24. The monoisotopic (exact) mass is 260 g/mol. The second-order valence-corrected chi connectivity index (χ2v) is 6.11. The molecule has 0 fully saturated rings. The molecule has 0 aliphatic heterocycles. The molecule has 0 amide bonds. The van der Waals surface area contributed by atoms with Crippen molar-refractivity contribution in [2.24, 2.45) is 5.92 Å². The van der Waals surface area contributed by atoms with Crippen molar-refractivity contribution in [1.29, 1.82) is 0 Å². The van der Waals surface area contributed by atoms with E-state index in [-0.39, 0.29) is 0 Å². The van der Waals surface area contributed by atoms with Crippen molar-refractivity contribution in [3.63, 3.8) is 0 Å². The lowest BCUT2D eigenvalue weighted by Gasteiger charge is -2.04. The van der Waals surface area contributed by atoms with E-state index in [0.29, 0.717) is 5.92 Å². The largest absolute Gasteiger partial charge is 0.312 e. The molecule has 0 radical (unpaired) electrons. The minimum absolute atomic E-state index is 0.696. The number of rotatable bonds is 6. The molecule has 18 heavy (non-hydrogen) atoms. The molecule has 1 aromatic carbocycles. The van der Waals surface area contributed by atoms with E-state index >= 15 is 0 Å². The van der Waals surface area contributed by atoms with Crippen LogP contribution in [0.4, 0.5) is 0 Å². The predicted molar refractivity (Wildman–Crippen MR) is 77.9 cm³/mol. The molecule has 1 N–H and O–H groups in total. The number of nitrogens with one attached hydrogen (secondary N) is 1. The first-order valence-electron chi connectivity index (χ1n) is 6.42. The van der Waals surface area contributed by atoms with Gasteiger partial charge in [-0.15, -0.1) is 11.3 Å². The summed E-state index contributed by atoms with van der Waals surface area (Å²) in [6, 6.07) is 10.5. The summed E-state index contributed by atoms with van der Waals surface area (Å²) in [5, 5.41) is 4.65. The number of hydrogen-bond acceptors (Lipinski definition) is 3. The molecule has 0 unspecified atom stereocenters. The van der Waals surface area contributed by atoms with Gasteiger partial charge in [0, 0.05) is 24.0 Å². The van der Waals surface area contributed by atoms with E-state index < -0.39 is 0 Å². The molecular weight excluding hydrogens is 240 g/mol. The Morgan fingerprint density at radius 2 is 2.00 bits per heavy atom. The Hall–Kier alpha value is -1.19. The second kappa shape index (κ2) is 6.66. The minimum atomic E-state index is 0.696. The predicted octanol–water partition coefficient (Wildman–Crippen LogP) is 3.48. The van der Waals surface area contributed by atoms with Crippen molar-refractivity contribution in [3.05, 3.63) is 52.0 Å². The quantitative estimate of drug-likeness (QED) is 0.860. The van der Waals surface area contributed by atoms with Gasteiger partial charge in [-0.2, -0.15) is 0 Å². The minimum Gasteiger partial charge on any atom is -0.312 e. The van der Waals surface area contributed by atoms with E-state index in [4.69, 9.17) is 0 Å². The standard InChI is InChI=1S/C15H20N2S/c1-12(2)9-16-10-14-11-17-15(18-14)8-13-6-4-3-5-7-13/h3-7,11-12,16H,8-10H2,1-2H3. The topological polar surface area (TPSA) is 24.9 Å². The van der Waals surface area contributed by atoms with Crippen LogP contribution in [0.1, 0.15) is 29.3 Å². The fourth-order valence-corrected chi connectivity index (χ4v) is 2.69. The van der Waals surface area contributed by atoms with Gasteiger partial charge in [0.05, 0.1) is 5.01 Å². The van der Waals surface area contributed by atoms with Gasteiger partial charge in [0.1, 0.15) is 0 Å². The lowest BCUT2D eigenvalue weighted by molar-refractivity contribution is 0.554. The molecule has 2 aromatic rings. The van der Waals surface area contributed by atoms with Gasteiger partial charge in [-0.25, -0.2) is 4.98 Å². The van der Waals surface area contributed by atoms with Crippen molar-refractivity contribution in [1.82, 2.24) is 10.3 Å². The van der Waals surface area contributed by atoms with Gasteiger partial charge in [-0.05, 0) is 18.0 Å². The van der Waals surface area contributed by atoms with Crippen molar-refractivity contribution in [2.75, 3.05) is 6.54 Å².